The van der Waals surface area contributed by atoms with E-state index in [1.54, 1.807) is 18.2 Å². The maximum atomic E-state index is 12.3. The number of fused-ring (bicyclic) bond motifs is 1. The summed E-state index contributed by atoms with van der Waals surface area (Å²) >= 11 is 0. The lowest BCUT2D eigenvalue weighted by atomic mass is 9.98. The van der Waals surface area contributed by atoms with Gasteiger partial charge in [-0.2, -0.15) is 0 Å². The van der Waals surface area contributed by atoms with E-state index in [1.807, 2.05) is 24.3 Å². The molecule has 0 fully saturated rings. The van der Waals surface area contributed by atoms with Gasteiger partial charge in [0.15, 0.2) is 0 Å². The van der Waals surface area contributed by atoms with E-state index >= 15 is 0 Å². The van der Waals surface area contributed by atoms with Gasteiger partial charge in [-0.3, -0.25) is 4.31 Å². The number of para-hydroxylation sites is 1. The highest BCUT2D eigenvalue weighted by Gasteiger charge is 2.36. The lowest BCUT2D eigenvalue weighted by Crippen LogP contribution is -2.35. The molecule has 5 heteroatoms. The summed E-state index contributed by atoms with van der Waals surface area (Å²) in [4.78, 5) is 0. The van der Waals surface area contributed by atoms with E-state index < -0.39 is 15.3 Å². The summed E-state index contributed by atoms with van der Waals surface area (Å²) in [5, 5.41) is -0.401. The summed E-state index contributed by atoms with van der Waals surface area (Å²) in [6.07, 6.45) is 0.821. The average Bonchev–Trinajstić information content (AvgIpc) is 2.70. The Balaban J connectivity index is 2.43. The quantitative estimate of drug-likeness (QED) is 0.903. The van der Waals surface area contributed by atoms with Crippen molar-refractivity contribution in [1.82, 2.24) is 0 Å². The summed E-state index contributed by atoms with van der Waals surface area (Å²) in [5.41, 5.74) is 7.54. The predicted octanol–water partition coefficient (Wildman–Crippen LogP) is 1.68. The summed E-state index contributed by atoms with van der Waals surface area (Å²) in [6, 6.07) is 7.72. The zero-order valence-corrected chi connectivity index (χ0v) is 11.7. The van der Waals surface area contributed by atoms with Crippen molar-refractivity contribution in [3.63, 3.8) is 0 Å². The van der Waals surface area contributed by atoms with Crippen LogP contribution in [-0.2, 0) is 10.0 Å². The number of rotatable bonds is 4. The lowest BCUT2D eigenvalue weighted by molar-refractivity contribution is 0.578. The van der Waals surface area contributed by atoms with Crippen molar-refractivity contribution in [1.29, 1.82) is 0 Å². The van der Waals surface area contributed by atoms with Gasteiger partial charge in [-0.15, -0.1) is 0 Å². The van der Waals surface area contributed by atoms with Gasteiger partial charge in [-0.25, -0.2) is 8.42 Å². The maximum Gasteiger partial charge on any atom is 0.237 e. The van der Waals surface area contributed by atoms with Gasteiger partial charge in [-0.1, -0.05) is 18.2 Å². The monoisotopic (exact) mass is 268 g/mol. The van der Waals surface area contributed by atoms with Gasteiger partial charge < -0.3 is 5.73 Å². The molecule has 0 saturated heterocycles. The van der Waals surface area contributed by atoms with Crippen LogP contribution >= 0.6 is 0 Å². The zero-order valence-electron chi connectivity index (χ0n) is 10.8. The van der Waals surface area contributed by atoms with E-state index in [9.17, 15) is 8.42 Å². The molecule has 0 radical (unpaired) electrons. The standard InChI is InChI=1S/C13H20N2O2S/c1-10(2)18(16,17)15-9-11(7-8-14)12-5-3-4-6-13(12)15/h3-6,10-11H,7-9,14H2,1-2H3. The molecule has 0 spiro atoms. The first kappa shape index (κ1) is 13.4. The first-order valence-corrected chi connectivity index (χ1v) is 7.79. The van der Waals surface area contributed by atoms with Crippen LogP contribution in [0, 0.1) is 0 Å². The molecular formula is C13H20N2O2S. The fraction of sp³-hybridized carbons (Fsp3) is 0.538. The maximum absolute atomic E-state index is 12.3. The molecule has 0 saturated carbocycles. The second-order valence-corrected chi connectivity index (χ2v) is 7.37. The normalized spacial score (nSPS) is 19.3. The minimum atomic E-state index is -3.25. The number of hydrogen-bond donors (Lipinski definition) is 1. The van der Waals surface area contributed by atoms with E-state index in [0.29, 0.717) is 13.1 Å². The third-order valence-electron chi connectivity index (χ3n) is 3.45. The van der Waals surface area contributed by atoms with Gasteiger partial charge in [-0.05, 0) is 38.4 Å². The fourth-order valence-electron chi connectivity index (χ4n) is 2.40. The number of sulfonamides is 1. The molecule has 0 amide bonds. The van der Waals surface area contributed by atoms with Gasteiger partial charge in [0.25, 0.3) is 0 Å². The fourth-order valence-corrected chi connectivity index (χ4v) is 3.74. The molecule has 0 bridgehead atoms. The van der Waals surface area contributed by atoms with Crippen molar-refractivity contribution in [2.24, 2.45) is 5.73 Å². The van der Waals surface area contributed by atoms with E-state index in [4.69, 9.17) is 5.73 Å². The van der Waals surface area contributed by atoms with Crippen LogP contribution in [0.1, 0.15) is 31.7 Å². The molecule has 2 rings (SSSR count). The molecule has 1 heterocycles. The van der Waals surface area contributed by atoms with Crippen molar-refractivity contribution < 1.29 is 8.42 Å². The van der Waals surface area contributed by atoms with Crippen LogP contribution in [0.4, 0.5) is 5.69 Å². The van der Waals surface area contributed by atoms with Gasteiger partial charge in [0.05, 0.1) is 10.9 Å². The van der Waals surface area contributed by atoms with Crippen LogP contribution in [0.25, 0.3) is 0 Å². The summed E-state index contributed by atoms with van der Waals surface area (Å²) in [5.74, 6) is 0.222. The minimum absolute atomic E-state index is 0.222. The molecule has 0 aromatic heterocycles. The number of anilines is 1. The van der Waals surface area contributed by atoms with Crippen molar-refractivity contribution in [3.05, 3.63) is 29.8 Å². The highest BCUT2D eigenvalue weighted by molar-refractivity contribution is 7.93. The Morgan fingerprint density at radius 3 is 2.67 bits per heavy atom. The summed E-state index contributed by atoms with van der Waals surface area (Å²) in [6.45, 7) is 4.54. The highest BCUT2D eigenvalue weighted by Crippen LogP contribution is 2.39. The van der Waals surface area contributed by atoms with E-state index in [-0.39, 0.29) is 5.92 Å². The Hall–Kier alpha value is -1.07. The van der Waals surface area contributed by atoms with E-state index in [0.717, 1.165) is 17.7 Å². The summed E-state index contributed by atoms with van der Waals surface area (Å²) in [7, 11) is -3.25. The molecular weight excluding hydrogens is 248 g/mol. The molecule has 1 atom stereocenters. The topological polar surface area (TPSA) is 63.4 Å². The molecule has 100 valence electrons. The minimum Gasteiger partial charge on any atom is -0.330 e. The molecule has 0 aliphatic carbocycles. The van der Waals surface area contributed by atoms with Crippen LogP contribution in [0.3, 0.4) is 0 Å². The molecule has 1 aromatic rings. The van der Waals surface area contributed by atoms with E-state index in [1.165, 1.54) is 0 Å². The second-order valence-electron chi connectivity index (χ2n) is 4.96. The van der Waals surface area contributed by atoms with Gasteiger partial charge >= 0.3 is 0 Å². The third-order valence-corrected chi connectivity index (χ3v) is 5.60. The Morgan fingerprint density at radius 1 is 1.39 bits per heavy atom. The van der Waals surface area contributed by atoms with Gasteiger partial charge in [0.1, 0.15) is 0 Å². The van der Waals surface area contributed by atoms with Crippen LogP contribution in [0.5, 0.6) is 0 Å². The molecule has 1 unspecified atom stereocenters. The summed E-state index contributed by atoms with van der Waals surface area (Å²) < 4.78 is 26.2. The number of nitrogens with zero attached hydrogens (tertiary/aromatic N) is 1. The predicted molar refractivity (Wildman–Crippen MR) is 74.3 cm³/mol. The third kappa shape index (κ3) is 2.12. The Kier molecular flexibility index (Phi) is 3.64. The first-order chi connectivity index (χ1) is 8.48. The smallest absolute Gasteiger partial charge is 0.237 e. The Labute approximate surface area is 109 Å². The number of nitrogens with two attached hydrogens (primary N) is 1. The number of hydrogen-bond acceptors (Lipinski definition) is 3. The van der Waals surface area contributed by atoms with Crippen LogP contribution < -0.4 is 10.0 Å². The van der Waals surface area contributed by atoms with Crippen molar-refractivity contribution in [2.45, 2.75) is 31.4 Å². The zero-order chi connectivity index (χ0) is 13.3. The molecule has 1 aliphatic heterocycles. The lowest BCUT2D eigenvalue weighted by Gasteiger charge is -2.22. The van der Waals surface area contributed by atoms with Crippen LogP contribution in [0.2, 0.25) is 0 Å². The Bertz CT molecular complexity index is 526. The first-order valence-electron chi connectivity index (χ1n) is 6.29. The molecule has 1 aliphatic rings. The van der Waals surface area contributed by atoms with E-state index in [2.05, 4.69) is 0 Å². The van der Waals surface area contributed by atoms with Crippen molar-refractivity contribution in [3.8, 4) is 0 Å². The van der Waals surface area contributed by atoms with Gasteiger partial charge in [0.2, 0.25) is 10.0 Å². The second kappa shape index (κ2) is 4.90. The Morgan fingerprint density at radius 2 is 2.06 bits per heavy atom. The molecule has 1 aromatic carbocycles. The van der Waals surface area contributed by atoms with Crippen LogP contribution in [0.15, 0.2) is 24.3 Å². The SMILES string of the molecule is CC(C)S(=O)(=O)N1CC(CCN)c2ccccc21. The van der Waals surface area contributed by atoms with Crippen LogP contribution in [-0.4, -0.2) is 26.8 Å². The van der Waals surface area contributed by atoms with Crippen molar-refractivity contribution >= 4 is 15.7 Å². The van der Waals surface area contributed by atoms with Crippen molar-refractivity contribution in [2.75, 3.05) is 17.4 Å². The molecule has 2 N–H and O–H groups in total. The number of benzene rings is 1. The molecule has 4 nitrogen and oxygen atoms in total. The molecule has 18 heavy (non-hydrogen) atoms. The largest absolute Gasteiger partial charge is 0.330 e. The van der Waals surface area contributed by atoms with Gasteiger partial charge in [0, 0.05) is 12.5 Å². The average molecular weight is 268 g/mol. The highest BCUT2D eigenvalue weighted by atomic mass is 32.2.